The highest BCUT2D eigenvalue weighted by Gasteiger charge is 2.34. The Balaban J connectivity index is 1.57. The van der Waals surface area contributed by atoms with Gasteiger partial charge in [0.05, 0.1) is 17.4 Å². The van der Waals surface area contributed by atoms with Crippen molar-refractivity contribution in [3.63, 3.8) is 0 Å². The second-order valence-corrected chi connectivity index (χ2v) is 10.0. The number of rotatable bonds is 7. The van der Waals surface area contributed by atoms with E-state index in [9.17, 15) is 18.3 Å². The number of benzene rings is 2. The molecule has 1 fully saturated rings. The van der Waals surface area contributed by atoms with Crippen molar-refractivity contribution in [2.75, 3.05) is 13.1 Å². The van der Waals surface area contributed by atoms with Crippen LogP contribution in [0.1, 0.15) is 31.9 Å². The van der Waals surface area contributed by atoms with Gasteiger partial charge in [-0.1, -0.05) is 18.2 Å². The van der Waals surface area contributed by atoms with Gasteiger partial charge in [-0.15, -0.1) is 0 Å². The van der Waals surface area contributed by atoms with E-state index in [-0.39, 0.29) is 23.5 Å². The first-order chi connectivity index (χ1) is 14.8. The predicted molar refractivity (Wildman–Crippen MR) is 118 cm³/mol. The van der Waals surface area contributed by atoms with E-state index in [1.807, 2.05) is 48.9 Å². The Labute approximate surface area is 181 Å². The Morgan fingerprint density at radius 1 is 1.16 bits per heavy atom. The number of aromatic nitrogens is 1. The van der Waals surface area contributed by atoms with Crippen molar-refractivity contribution in [3.8, 4) is 5.75 Å². The van der Waals surface area contributed by atoms with Crippen LogP contribution in [0.4, 0.5) is 0 Å². The molecule has 0 aliphatic carbocycles. The van der Waals surface area contributed by atoms with Gasteiger partial charge in [0.2, 0.25) is 10.0 Å². The van der Waals surface area contributed by atoms with Gasteiger partial charge in [0.25, 0.3) is 0 Å². The number of sulfonamides is 1. The lowest BCUT2D eigenvalue weighted by Gasteiger charge is -2.18. The number of nitrogens with zero attached hydrogens (tertiary/aromatic N) is 2. The van der Waals surface area contributed by atoms with Gasteiger partial charge in [-0.3, -0.25) is 4.79 Å². The summed E-state index contributed by atoms with van der Waals surface area (Å²) in [6.45, 7) is 4.60. The zero-order valence-electron chi connectivity index (χ0n) is 17.6. The van der Waals surface area contributed by atoms with Crippen molar-refractivity contribution in [1.29, 1.82) is 0 Å². The molecule has 0 amide bonds. The SMILES string of the molecule is CC(C)Oc1ccc(S(=O)(=O)N2CC[C@@H](n3cc(CC(=O)O)c4ccccc43)C2)cc1. The number of carboxylic acid groups (broad SMARTS) is 1. The number of aliphatic carboxylic acids is 1. The number of hydrogen-bond acceptors (Lipinski definition) is 4. The summed E-state index contributed by atoms with van der Waals surface area (Å²) in [5.74, 6) is -0.249. The van der Waals surface area contributed by atoms with Crippen LogP contribution in [-0.4, -0.2) is 47.6 Å². The molecular weight excluding hydrogens is 416 g/mol. The average Bonchev–Trinajstić information content (AvgIpc) is 3.34. The van der Waals surface area contributed by atoms with E-state index >= 15 is 0 Å². The smallest absolute Gasteiger partial charge is 0.307 e. The summed E-state index contributed by atoms with van der Waals surface area (Å²) < 4.78 is 35.4. The quantitative estimate of drug-likeness (QED) is 0.603. The van der Waals surface area contributed by atoms with E-state index in [2.05, 4.69) is 0 Å². The second kappa shape index (κ2) is 8.36. The maximum atomic E-state index is 13.2. The third kappa shape index (κ3) is 4.31. The summed E-state index contributed by atoms with van der Waals surface area (Å²) in [5, 5.41) is 10.1. The molecule has 3 aromatic rings. The Hall–Kier alpha value is -2.84. The van der Waals surface area contributed by atoms with E-state index in [1.54, 1.807) is 24.3 Å². The molecule has 0 bridgehead atoms. The second-order valence-electron chi connectivity index (χ2n) is 8.09. The molecule has 0 spiro atoms. The van der Waals surface area contributed by atoms with Crippen LogP contribution in [0.5, 0.6) is 5.75 Å². The molecule has 0 radical (unpaired) electrons. The minimum atomic E-state index is -3.62. The summed E-state index contributed by atoms with van der Waals surface area (Å²) in [6, 6.07) is 14.1. The summed E-state index contributed by atoms with van der Waals surface area (Å²) in [5.41, 5.74) is 1.67. The molecule has 4 rings (SSSR count). The van der Waals surface area contributed by atoms with Crippen LogP contribution < -0.4 is 4.74 Å². The van der Waals surface area contributed by atoms with Crippen LogP contribution in [0, 0.1) is 0 Å². The number of ether oxygens (including phenoxy) is 1. The molecule has 2 aromatic carbocycles. The number of fused-ring (bicyclic) bond motifs is 1. The van der Waals surface area contributed by atoms with Crippen LogP contribution >= 0.6 is 0 Å². The van der Waals surface area contributed by atoms with Crippen molar-refractivity contribution < 1.29 is 23.1 Å². The largest absolute Gasteiger partial charge is 0.491 e. The molecule has 8 heteroatoms. The molecule has 1 saturated heterocycles. The molecule has 1 aliphatic rings. The highest BCUT2D eigenvalue weighted by Crippen LogP contribution is 2.32. The fraction of sp³-hybridized carbons (Fsp3) is 0.348. The van der Waals surface area contributed by atoms with E-state index in [0.717, 1.165) is 16.5 Å². The lowest BCUT2D eigenvalue weighted by Crippen LogP contribution is -2.29. The Kier molecular flexibility index (Phi) is 5.77. The number of para-hydroxylation sites is 1. The first kappa shape index (κ1) is 21.4. The topological polar surface area (TPSA) is 88.8 Å². The normalized spacial score (nSPS) is 17.5. The molecule has 0 saturated carbocycles. The van der Waals surface area contributed by atoms with E-state index in [0.29, 0.717) is 25.3 Å². The molecule has 7 nitrogen and oxygen atoms in total. The van der Waals surface area contributed by atoms with Crippen LogP contribution in [0.15, 0.2) is 59.6 Å². The third-order valence-corrected chi connectivity index (χ3v) is 7.40. The minimum absolute atomic E-state index is 0.0178. The fourth-order valence-corrected chi connectivity index (χ4v) is 5.64. The Bertz CT molecular complexity index is 1200. The third-order valence-electron chi connectivity index (χ3n) is 5.52. The van der Waals surface area contributed by atoms with Gasteiger partial charge in [0.15, 0.2) is 0 Å². The van der Waals surface area contributed by atoms with Crippen molar-refractivity contribution in [2.24, 2.45) is 0 Å². The van der Waals surface area contributed by atoms with Gasteiger partial charge in [-0.2, -0.15) is 4.31 Å². The van der Waals surface area contributed by atoms with Gasteiger partial charge in [0.1, 0.15) is 5.75 Å². The predicted octanol–water partition coefficient (Wildman–Crippen LogP) is 3.69. The fourth-order valence-electron chi connectivity index (χ4n) is 4.15. The molecule has 0 unspecified atom stereocenters. The monoisotopic (exact) mass is 442 g/mol. The molecule has 1 atom stereocenters. The van der Waals surface area contributed by atoms with Crippen molar-refractivity contribution >= 4 is 26.9 Å². The van der Waals surface area contributed by atoms with Gasteiger partial charge < -0.3 is 14.4 Å². The van der Waals surface area contributed by atoms with Gasteiger partial charge in [-0.25, -0.2) is 8.42 Å². The van der Waals surface area contributed by atoms with E-state index < -0.39 is 16.0 Å². The van der Waals surface area contributed by atoms with E-state index in [4.69, 9.17) is 4.74 Å². The minimum Gasteiger partial charge on any atom is -0.491 e. The highest BCUT2D eigenvalue weighted by atomic mass is 32.2. The van der Waals surface area contributed by atoms with E-state index in [1.165, 1.54) is 4.31 Å². The molecule has 164 valence electrons. The van der Waals surface area contributed by atoms with Gasteiger partial charge in [-0.05, 0) is 56.2 Å². The standard InChI is InChI=1S/C23H26N2O5S/c1-16(2)30-19-7-9-20(10-8-19)31(28,29)24-12-11-18(15-24)25-14-17(13-23(26)27)21-5-3-4-6-22(21)25/h3-10,14,16,18H,11-13,15H2,1-2H3,(H,26,27)/t18-/m1/s1. The van der Waals surface area contributed by atoms with Crippen molar-refractivity contribution in [1.82, 2.24) is 8.87 Å². The molecule has 31 heavy (non-hydrogen) atoms. The zero-order valence-corrected chi connectivity index (χ0v) is 18.4. The number of carbonyl (C=O) groups is 1. The highest BCUT2D eigenvalue weighted by molar-refractivity contribution is 7.89. The summed E-state index contributed by atoms with van der Waals surface area (Å²) in [6.07, 6.45) is 2.48. The van der Waals surface area contributed by atoms with Crippen molar-refractivity contribution in [2.45, 2.75) is 43.7 Å². The lowest BCUT2D eigenvalue weighted by atomic mass is 10.1. The van der Waals surface area contributed by atoms with Crippen LogP contribution in [-0.2, 0) is 21.2 Å². The van der Waals surface area contributed by atoms with Crippen LogP contribution in [0.2, 0.25) is 0 Å². The molecular formula is C23H26N2O5S. The average molecular weight is 443 g/mol. The van der Waals surface area contributed by atoms with Crippen LogP contribution in [0.3, 0.4) is 0 Å². The Morgan fingerprint density at radius 3 is 2.55 bits per heavy atom. The van der Waals surface area contributed by atoms with Crippen LogP contribution in [0.25, 0.3) is 10.9 Å². The zero-order chi connectivity index (χ0) is 22.2. The van der Waals surface area contributed by atoms with Gasteiger partial charge >= 0.3 is 5.97 Å². The molecule has 2 heterocycles. The number of hydrogen-bond donors (Lipinski definition) is 1. The van der Waals surface area contributed by atoms with Gasteiger partial charge in [0, 0.05) is 36.2 Å². The lowest BCUT2D eigenvalue weighted by molar-refractivity contribution is -0.136. The maximum Gasteiger partial charge on any atom is 0.307 e. The molecule has 1 aromatic heterocycles. The van der Waals surface area contributed by atoms with Crippen molar-refractivity contribution in [3.05, 3.63) is 60.3 Å². The summed E-state index contributed by atoms with van der Waals surface area (Å²) in [7, 11) is -3.62. The summed E-state index contributed by atoms with van der Waals surface area (Å²) >= 11 is 0. The maximum absolute atomic E-state index is 13.2. The first-order valence-corrected chi connectivity index (χ1v) is 11.8. The first-order valence-electron chi connectivity index (χ1n) is 10.3. The summed E-state index contributed by atoms with van der Waals surface area (Å²) in [4.78, 5) is 11.5. The molecule has 1 aliphatic heterocycles. The number of carboxylic acids is 1. The molecule has 1 N–H and O–H groups in total. The Morgan fingerprint density at radius 2 is 1.87 bits per heavy atom.